The summed E-state index contributed by atoms with van der Waals surface area (Å²) in [5.74, 6) is 0.159. The normalized spacial score (nSPS) is 16.1. The largest absolute Gasteiger partial charge is 0.372 e. The number of imidazole rings is 1. The third-order valence-electron chi connectivity index (χ3n) is 4.34. The minimum absolute atomic E-state index is 0.107. The van der Waals surface area contributed by atoms with Crippen LogP contribution in [0.15, 0.2) is 44.5 Å². The predicted molar refractivity (Wildman–Crippen MR) is 105 cm³/mol. The molecule has 1 aliphatic heterocycles. The van der Waals surface area contributed by atoms with E-state index in [4.69, 9.17) is 0 Å². The van der Waals surface area contributed by atoms with E-state index in [1.54, 1.807) is 41.4 Å². The van der Waals surface area contributed by atoms with Gasteiger partial charge < -0.3 is 15.0 Å². The number of anilines is 1. The third-order valence-corrected chi connectivity index (χ3v) is 8.33. The molecule has 0 amide bonds. The van der Waals surface area contributed by atoms with E-state index in [1.165, 1.54) is 8.71 Å². The fourth-order valence-electron chi connectivity index (χ4n) is 3.06. The molecule has 3 aromatic heterocycles. The van der Waals surface area contributed by atoms with Gasteiger partial charge in [-0.3, -0.25) is 0 Å². The van der Waals surface area contributed by atoms with Crippen molar-refractivity contribution in [3.8, 4) is 0 Å². The van der Waals surface area contributed by atoms with Crippen molar-refractivity contribution >= 4 is 54.6 Å². The van der Waals surface area contributed by atoms with E-state index in [2.05, 4.69) is 20.9 Å². The average Bonchev–Trinajstić information content (AvgIpc) is 3.26. The van der Waals surface area contributed by atoms with Crippen LogP contribution < -0.4 is 4.90 Å². The molecule has 0 radical (unpaired) electrons. The Balaban J connectivity index is 1.59. The summed E-state index contributed by atoms with van der Waals surface area (Å²) in [5.41, 5.74) is 0.484. The highest BCUT2D eigenvalue weighted by Gasteiger charge is 2.33. The molecule has 0 N–H and O–H groups in total. The predicted octanol–water partition coefficient (Wildman–Crippen LogP) is 2.58. The number of halogens is 1. The molecule has 3 aromatic rings. The number of hydrogen-bond donors (Lipinski definition) is 0. The maximum absolute atomic E-state index is 12.7. The van der Waals surface area contributed by atoms with Crippen LogP contribution in [-0.2, 0) is 10.0 Å². The number of rotatable bonds is 4. The number of sulfonamides is 1. The van der Waals surface area contributed by atoms with Gasteiger partial charge in [-0.25, -0.2) is 8.42 Å². The molecule has 0 unspecified atom stereocenters. The molecule has 1 aliphatic rings. The summed E-state index contributed by atoms with van der Waals surface area (Å²) in [6, 6.07) is 8.44. The maximum Gasteiger partial charge on any atom is 0.372 e. The molecule has 0 bridgehead atoms. The zero-order valence-electron chi connectivity index (χ0n) is 13.9. The molecule has 0 atom stereocenters. The van der Waals surface area contributed by atoms with Gasteiger partial charge in [0.2, 0.25) is 11.5 Å². The SMILES string of the molecule is O=[N+]([O-])c1c(N2CCN(S(=O)(=O)c3ccc(Br)s3)CC2)nc2ccccn12. The van der Waals surface area contributed by atoms with E-state index in [1.807, 2.05) is 0 Å². The Labute approximate surface area is 167 Å². The first-order valence-electron chi connectivity index (χ1n) is 8.00. The first-order chi connectivity index (χ1) is 12.9. The second-order valence-corrected chi connectivity index (χ2v) is 10.5. The third kappa shape index (κ3) is 3.22. The summed E-state index contributed by atoms with van der Waals surface area (Å²) in [6.07, 6.45) is 1.60. The molecule has 0 saturated carbocycles. The van der Waals surface area contributed by atoms with Crippen LogP contribution in [0, 0.1) is 10.1 Å². The van der Waals surface area contributed by atoms with Crippen molar-refractivity contribution in [2.45, 2.75) is 4.21 Å². The van der Waals surface area contributed by atoms with Crippen LogP contribution in [0.2, 0.25) is 0 Å². The Morgan fingerprint density at radius 3 is 2.52 bits per heavy atom. The zero-order valence-corrected chi connectivity index (χ0v) is 17.1. The Bertz CT molecular complexity index is 1120. The van der Waals surface area contributed by atoms with E-state index >= 15 is 0 Å². The van der Waals surface area contributed by atoms with E-state index in [0.29, 0.717) is 18.7 Å². The lowest BCUT2D eigenvalue weighted by Gasteiger charge is -2.33. The topological polar surface area (TPSA) is 101 Å². The molecular formula is C15H14BrN5O4S2. The molecule has 4 heterocycles. The van der Waals surface area contributed by atoms with Gasteiger partial charge in [0.25, 0.3) is 10.0 Å². The molecular weight excluding hydrogens is 458 g/mol. The number of fused-ring (bicyclic) bond motifs is 1. The molecule has 0 aromatic carbocycles. The number of aromatic nitrogens is 2. The first kappa shape index (κ1) is 18.3. The number of pyridine rings is 1. The van der Waals surface area contributed by atoms with Crippen LogP contribution >= 0.6 is 27.3 Å². The van der Waals surface area contributed by atoms with Gasteiger partial charge in [-0.1, -0.05) is 6.07 Å². The van der Waals surface area contributed by atoms with Gasteiger partial charge in [-0.2, -0.15) is 13.7 Å². The van der Waals surface area contributed by atoms with E-state index < -0.39 is 14.9 Å². The molecule has 27 heavy (non-hydrogen) atoms. The zero-order chi connectivity index (χ0) is 19.2. The number of hydrogen-bond acceptors (Lipinski definition) is 7. The number of thiophene rings is 1. The maximum atomic E-state index is 12.7. The lowest BCUT2D eigenvalue weighted by atomic mass is 10.3. The van der Waals surface area contributed by atoms with Crippen molar-refractivity contribution in [1.29, 1.82) is 0 Å². The minimum atomic E-state index is -3.56. The Kier molecular flexibility index (Phi) is 4.66. The molecule has 12 heteroatoms. The first-order valence-corrected chi connectivity index (χ1v) is 11.0. The van der Waals surface area contributed by atoms with Gasteiger partial charge in [0, 0.05) is 32.2 Å². The van der Waals surface area contributed by atoms with Crippen molar-refractivity contribution in [3.05, 3.63) is 50.4 Å². The van der Waals surface area contributed by atoms with Crippen LogP contribution in [0.3, 0.4) is 0 Å². The van der Waals surface area contributed by atoms with Gasteiger partial charge in [-0.05, 0) is 39.1 Å². The fourth-order valence-corrected chi connectivity index (χ4v) is 6.64. The summed E-state index contributed by atoms with van der Waals surface area (Å²) in [4.78, 5) is 17.2. The minimum Gasteiger partial charge on any atom is -0.358 e. The molecule has 9 nitrogen and oxygen atoms in total. The summed E-state index contributed by atoms with van der Waals surface area (Å²) < 4.78 is 29.3. The van der Waals surface area contributed by atoms with Gasteiger partial charge in [0.05, 0.1) is 9.98 Å². The van der Waals surface area contributed by atoms with Gasteiger partial charge >= 0.3 is 5.82 Å². The molecule has 142 valence electrons. The Morgan fingerprint density at radius 1 is 1.15 bits per heavy atom. The van der Waals surface area contributed by atoms with Crippen molar-refractivity contribution < 1.29 is 13.3 Å². The monoisotopic (exact) mass is 471 g/mol. The molecule has 4 rings (SSSR count). The smallest absolute Gasteiger partial charge is 0.358 e. The second kappa shape index (κ2) is 6.86. The van der Waals surface area contributed by atoms with Gasteiger partial charge in [0.15, 0.2) is 0 Å². The quantitative estimate of drug-likeness (QED) is 0.428. The molecule has 0 spiro atoms. The number of nitrogens with zero attached hydrogens (tertiary/aromatic N) is 5. The summed E-state index contributed by atoms with van der Waals surface area (Å²) in [7, 11) is -3.56. The summed E-state index contributed by atoms with van der Waals surface area (Å²) >= 11 is 4.44. The van der Waals surface area contributed by atoms with Crippen LogP contribution in [0.25, 0.3) is 5.65 Å². The van der Waals surface area contributed by atoms with E-state index in [-0.39, 0.29) is 28.9 Å². The molecule has 1 saturated heterocycles. The van der Waals surface area contributed by atoms with Crippen molar-refractivity contribution in [2.24, 2.45) is 0 Å². The second-order valence-electron chi connectivity index (χ2n) is 5.89. The van der Waals surface area contributed by atoms with Crippen molar-refractivity contribution in [1.82, 2.24) is 13.7 Å². The highest BCUT2D eigenvalue weighted by atomic mass is 79.9. The highest BCUT2D eigenvalue weighted by molar-refractivity contribution is 9.11. The van der Waals surface area contributed by atoms with Gasteiger partial charge in [0.1, 0.15) is 4.21 Å². The summed E-state index contributed by atoms with van der Waals surface area (Å²) in [6.45, 7) is 1.14. The Morgan fingerprint density at radius 2 is 1.89 bits per heavy atom. The molecule has 1 fully saturated rings. The van der Waals surface area contributed by atoms with Crippen LogP contribution in [0.4, 0.5) is 11.6 Å². The standard InChI is InChI=1S/C15H14BrN5O4S2/c16-11-4-5-13(26-11)27(24,25)19-9-7-18(8-10-19)14-15(21(22)23)20-6-2-1-3-12(20)17-14/h1-6H,7-10H2. The summed E-state index contributed by atoms with van der Waals surface area (Å²) in [5, 5.41) is 11.6. The number of nitro groups is 1. The number of piperazine rings is 1. The van der Waals surface area contributed by atoms with Crippen molar-refractivity contribution in [3.63, 3.8) is 0 Å². The van der Waals surface area contributed by atoms with Crippen LogP contribution in [0.1, 0.15) is 0 Å². The van der Waals surface area contributed by atoms with E-state index in [0.717, 1.165) is 15.1 Å². The van der Waals surface area contributed by atoms with E-state index in [9.17, 15) is 18.5 Å². The van der Waals surface area contributed by atoms with Gasteiger partial charge in [-0.15, -0.1) is 11.3 Å². The van der Waals surface area contributed by atoms with Crippen LogP contribution in [0.5, 0.6) is 0 Å². The fraction of sp³-hybridized carbons (Fsp3) is 0.267. The Hall–Kier alpha value is -2.02. The lowest BCUT2D eigenvalue weighted by Crippen LogP contribution is -2.48. The average molecular weight is 472 g/mol. The van der Waals surface area contributed by atoms with Crippen LogP contribution in [-0.4, -0.2) is 53.2 Å². The van der Waals surface area contributed by atoms with Crippen molar-refractivity contribution in [2.75, 3.05) is 31.1 Å². The molecule has 0 aliphatic carbocycles. The lowest BCUT2D eigenvalue weighted by molar-refractivity contribution is -0.389. The highest BCUT2D eigenvalue weighted by Crippen LogP contribution is 2.32.